The molecule has 0 aromatic carbocycles. The van der Waals surface area contributed by atoms with Crippen LogP contribution in [0, 0.1) is 0 Å². The van der Waals surface area contributed by atoms with Gasteiger partial charge in [-0.25, -0.2) is 0 Å². The maximum absolute atomic E-state index is 12.7. The highest BCUT2D eigenvalue weighted by atomic mass is 16.6. The summed E-state index contributed by atoms with van der Waals surface area (Å²) in [4.78, 5) is 37.8. The van der Waals surface area contributed by atoms with Gasteiger partial charge in [-0.2, -0.15) is 0 Å². The van der Waals surface area contributed by atoms with E-state index >= 15 is 0 Å². The van der Waals surface area contributed by atoms with Crippen LogP contribution in [-0.4, -0.2) is 37.2 Å². The van der Waals surface area contributed by atoms with Crippen molar-refractivity contribution in [2.24, 2.45) is 0 Å². The van der Waals surface area contributed by atoms with Crippen LogP contribution in [0.2, 0.25) is 0 Å². The molecule has 56 heavy (non-hydrogen) atoms. The number of unbranched alkanes of at least 4 members (excludes halogenated alkanes) is 32. The summed E-state index contributed by atoms with van der Waals surface area (Å²) < 4.78 is 16.7. The van der Waals surface area contributed by atoms with Gasteiger partial charge in [0, 0.05) is 19.3 Å². The number of esters is 3. The van der Waals surface area contributed by atoms with E-state index in [1.807, 2.05) is 0 Å². The second kappa shape index (κ2) is 45.8. The van der Waals surface area contributed by atoms with E-state index in [0.717, 1.165) is 64.2 Å². The summed E-state index contributed by atoms with van der Waals surface area (Å²) in [5, 5.41) is 0. The molecular weight excluding hydrogens is 697 g/mol. The zero-order valence-electron chi connectivity index (χ0n) is 37.7. The van der Waals surface area contributed by atoms with Crippen LogP contribution in [0.15, 0.2) is 12.2 Å². The molecule has 0 heterocycles. The quantitative estimate of drug-likeness (QED) is 0.0264. The Hall–Kier alpha value is -1.85. The van der Waals surface area contributed by atoms with Crippen LogP contribution in [0.3, 0.4) is 0 Å². The van der Waals surface area contributed by atoms with E-state index in [2.05, 4.69) is 32.9 Å². The van der Waals surface area contributed by atoms with Crippen LogP contribution >= 0.6 is 0 Å². The third kappa shape index (κ3) is 43.3. The van der Waals surface area contributed by atoms with Gasteiger partial charge in [0.2, 0.25) is 0 Å². The van der Waals surface area contributed by atoms with Crippen molar-refractivity contribution in [1.82, 2.24) is 0 Å². The lowest BCUT2D eigenvalue weighted by Gasteiger charge is -2.18. The van der Waals surface area contributed by atoms with E-state index in [1.54, 1.807) is 0 Å². The largest absolute Gasteiger partial charge is 0.462 e. The van der Waals surface area contributed by atoms with Crippen molar-refractivity contribution in [1.29, 1.82) is 0 Å². The molecule has 0 bridgehead atoms. The van der Waals surface area contributed by atoms with Gasteiger partial charge in [-0.3, -0.25) is 14.4 Å². The van der Waals surface area contributed by atoms with Gasteiger partial charge in [0.1, 0.15) is 13.2 Å². The van der Waals surface area contributed by atoms with Gasteiger partial charge in [-0.05, 0) is 44.9 Å². The Labute approximate surface area is 348 Å². The fourth-order valence-electron chi connectivity index (χ4n) is 7.26. The van der Waals surface area contributed by atoms with E-state index < -0.39 is 6.10 Å². The average molecular weight is 791 g/mol. The molecule has 0 spiro atoms. The minimum absolute atomic E-state index is 0.0677. The molecule has 6 heteroatoms. The number of rotatable bonds is 45. The predicted octanol–water partition coefficient (Wildman–Crippen LogP) is 15.8. The first-order chi connectivity index (χ1) is 27.5. The molecule has 0 radical (unpaired) electrons. The van der Waals surface area contributed by atoms with Crippen molar-refractivity contribution < 1.29 is 28.6 Å². The molecular formula is C50H94O6. The van der Waals surface area contributed by atoms with Crippen molar-refractivity contribution in [3.8, 4) is 0 Å². The van der Waals surface area contributed by atoms with Gasteiger partial charge in [0.15, 0.2) is 6.10 Å². The predicted molar refractivity (Wildman–Crippen MR) is 238 cm³/mol. The second-order valence-electron chi connectivity index (χ2n) is 16.7. The number of hydrogen-bond donors (Lipinski definition) is 0. The molecule has 0 amide bonds. The monoisotopic (exact) mass is 791 g/mol. The summed E-state index contributed by atoms with van der Waals surface area (Å²) in [5.41, 5.74) is 0. The van der Waals surface area contributed by atoms with Crippen LogP contribution in [0.5, 0.6) is 0 Å². The number of carbonyl (C=O) groups excluding carboxylic acids is 3. The Morgan fingerprint density at radius 1 is 0.339 bits per heavy atom. The Bertz CT molecular complexity index is 870. The molecule has 0 aliphatic heterocycles. The number of hydrogen-bond acceptors (Lipinski definition) is 6. The normalized spacial score (nSPS) is 12.0. The van der Waals surface area contributed by atoms with Crippen molar-refractivity contribution >= 4 is 17.9 Å². The lowest BCUT2D eigenvalue weighted by atomic mass is 10.0. The van der Waals surface area contributed by atoms with Crippen molar-refractivity contribution in [3.05, 3.63) is 12.2 Å². The molecule has 1 atom stereocenters. The number of allylic oxidation sites excluding steroid dienone is 2. The highest BCUT2D eigenvalue weighted by molar-refractivity contribution is 5.71. The Kier molecular flexibility index (Phi) is 44.3. The summed E-state index contributed by atoms with van der Waals surface area (Å²) in [7, 11) is 0. The SMILES string of the molecule is CCCCCCCC/C=C\CCCCCCCC(=O)OCC(COC(=O)CCCCCCCCCCCCC)OC(=O)CCCCCCCCCCCCCC. The van der Waals surface area contributed by atoms with E-state index in [-0.39, 0.29) is 31.1 Å². The van der Waals surface area contributed by atoms with Gasteiger partial charge in [-0.15, -0.1) is 0 Å². The summed E-state index contributed by atoms with van der Waals surface area (Å²) >= 11 is 0. The van der Waals surface area contributed by atoms with Crippen LogP contribution in [0.4, 0.5) is 0 Å². The van der Waals surface area contributed by atoms with Crippen LogP contribution < -0.4 is 0 Å². The highest BCUT2D eigenvalue weighted by Crippen LogP contribution is 2.15. The molecule has 6 nitrogen and oxygen atoms in total. The lowest BCUT2D eigenvalue weighted by Crippen LogP contribution is -2.30. The van der Waals surface area contributed by atoms with Crippen molar-refractivity contribution in [2.75, 3.05) is 13.2 Å². The summed E-state index contributed by atoms with van der Waals surface area (Å²) in [6.07, 6.45) is 49.0. The third-order valence-corrected chi connectivity index (χ3v) is 11.0. The first-order valence-corrected chi connectivity index (χ1v) is 24.7. The van der Waals surface area contributed by atoms with Gasteiger partial charge >= 0.3 is 17.9 Å². The fraction of sp³-hybridized carbons (Fsp3) is 0.900. The molecule has 0 rings (SSSR count). The number of carbonyl (C=O) groups is 3. The van der Waals surface area contributed by atoms with Crippen molar-refractivity contribution in [2.45, 2.75) is 277 Å². The van der Waals surface area contributed by atoms with E-state index in [0.29, 0.717) is 19.3 Å². The molecule has 330 valence electrons. The van der Waals surface area contributed by atoms with Crippen LogP contribution in [0.1, 0.15) is 271 Å². The molecule has 0 saturated heterocycles. The number of ether oxygens (including phenoxy) is 3. The zero-order chi connectivity index (χ0) is 40.8. The Morgan fingerprint density at radius 3 is 0.893 bits per heavy atom. The summed E-state index contributed by atoms with van der Waals surface area (Å²) in [6, 6.07) is 0. The van der Waals surface area contributed by atoms with Gasteiger partial charge < -0.3 is 14.2 Å². The van der Waals surface area contributed by atoms with Gasteiger partial charge in [-0.1, -0.05) is 219 Å². The molecule has 0 fully saturated rings. The fourth-order valence-corrected chi connectivity index (χ4v) is 7.26. The maximum atomic E-state index is 12.7. The molecule has 0 aliphatic rings. The topological polar surface area (TPSA) is 78.9 Å². The van der Waals surface area contributed by atoms with E-state index in [1.165, 1.54) is 167 Å². The smallest absolute Gasteiger partial charge is 0.306 e. The first-order valence-electron chi connectivity index (χ1n) is 24.7. The van der Waals surface area contributed by atoms with E-state index in [4.69, 9.17) is 14.2 Å². The zero-order valence-corrected chi connectivity index (χ0v) is 37.7. The summed E-state index contributed by atoms with van der Waals surface area (Å²) in [6.45, 7) is 6.64. The highest BCUT2D eigenvalue weighted by Gasteiger charge is 2.19. The molecule has 0 saturated carbocycles. The molecule has 0 aromatic rings. The minimum atomic E-state index is -0.765. The first kappa shape index (κ1) is 54.2. The Morgan fingerprint density at radius 2 is 0.589 bits per heavy atom. The molecule has 1 unspecified atom stereocenters. The summed E-state index contributed by atoms with van der Waals surface area (Å²) in [5.74, 6) is -0.865. The van der Waals surface area contributed by atoms with E-state index in [9.17, 15) is 14.4 Å². The third-order valence-electron chi connectivity index (χ3n) is 11.0. The molecule has 0 aromatic heterocycles. The van der Waals surface area contributed by atoms with Gasteiger partial charge in [0.05, 0.1) is 0 Å². The average Bonchev–Trinajstić information content (AvgIpc) is 3.19. The van der Waals surface area contributed by atoms with Crippen LogP contribution in [-0.2, 0) is 28.6 Å². The maximum Gasteiger partial charge on any atom is 0.306 e. The van der Waals surface area contributed by atoms with Gasteiger partial charge in [0.25, 0.3) is 0 Å². The Balaban J connectivity index is 4.33. The molecule has 0 N–H and O–H groups in total. The second-order valence-corrected chi connectivity index (χ2v) is 16.7. The van der Waals surface area contributed by atoms with Crippen LogP contribution in [0.25, 0.3) is 0 Å². The lowest BCUT2D eigenvalue weighted by molar-refractivity contribution is -0.167. The standard InChI is InChI=1S/C50H94O6/c1-4-7-10-13-16-19-22-24-25-26-29-31-34-37-40-43-49(52)55-46-47(45-54-48(51)42-39-36-33-30-27-21-18-15-12-9-6-3)56-50(53)44-41-38-35-32-28-23-20-17-14-11-8-5-2/h24-25,47H,4-23,26-46H2,1-3H3/b25-24-. The molecule has 0 aliphatic carbocycles. The minimum Gasteiger partial charge on any atom is -0.462 e. The van der Waals surface area contributed by atoms with Crippen molar-refractivity contribution in [3.63, 3.8) is 0 Å².